The molecular weight excluding hydrogens is 241 g/mol. The molecule has 0 aliphatic carbocycles. The van der Waals surface area contributed by atoms with Crippen molar-refractivity contribution in [2.75, 3.05) is 6.61 Å². The second-order valence-corrected chi connectivity index (χ2v) is 3.84. The van der Waals surface area contributed by atoms with Gasteiger partial charge in [-0.2, -0.15) is 0 Å². The van der Waals surface area contributed by atoms with Crippen LogP contribution >= 0.6 is 0 Å². The lowest BCUT2D eigenvalue weighted by Crippen LogP contribution is -2.41. The van der Waals surface area contributed by atoms with E-state index in [-0.39, 0.29) is 18.6 Å². The molecule has 18 heavy (non-hydrogen) atoms. The van der Waals surface area contributed by atoms with Gasteiger partial charge in [0.1, 0.15) is 11.9 Å². The second-order valence-electron chi connectivity index (χ2n) is 3.84. The van der Waals surface area contributed by atoms with E-state index in [1.54, 1.807) is 0 Å². The summed E-state index contributed by atoms with van der Waals surface area (Å²) in [5, 5.41) is 19.8. The van der Waals surface area contributed by atoms with Gasteiger partial charge in [0.25, 0.3) is 5.91 Å². The lowest BCUT2D eigenvalue weighted by atomic mass is 10.1. The molecule has 0 saturated carbocycles. The Kier molecular flexibility index (Phi) is 4.79. The van der Waals surface area contributed by atoms with Gasteiger partial charge < -0.3 is 15.5 Å². The van der Waals surface area contributed by atoms with E-state index in [9.17, 15) is 14.0 Å². The molecule has 1 aromatic carbocycles. The number of amides is 1. The Hall–Kier alpha value is -1.95. The van der Waals surface area contributed by atoms with Crippen molar-refractivity contribution in [2.24, 2.45) is 0 Å². The third-order valence-corrected chi connectivity index (χ3v) is 2.44. The van der Waals surface area contributed by atoms with Gasteiger partial charge in [-0.3, -0.25) is 4.79 Å². The predicted molar refractivity (Wildman–Crippen MR) is 61.7 cm³/mol. The van der Waals surface area contributed by atoms with Crippen LogP contribution in [-0.2, 0) is 4.79 Å². The predicted octanol–water partition coefficient (Wildman–Crippen LogP) is 0.700. The van der Waals surface area contributed by atoms with Gasteiger partial charge in [-0.25, -0.2) is 9.18 Å². The van der Waals surface area contributed by atoms with Crippen LogP contribution in [0, 0.1) is 12.7 Å². The third-order valence-electron chi connectivity index (χ3n) is 2.44. The van der Waals surface area contributed by atoms with Crippen LogP contribution in [0.15, 0.2) is 18.2 Å². The summed E-state index contributed by atoms with van der Waals surface area (Å²) in [5.74, 6) is -2.27. The monoisotopic (exact) mass is 255 g/mol. The van der Waals surface area contributed by atoms with Gasteiger partial charge in [0.2, 0.25) is 0 Å². The summed E-state index contributed by atoms with van der Waals surface area (Å²) in [6.07, 6.45) is -0.0821. The number of carboxylic acid groups (broad SMARTS) is 1. The molecule has 0 fully saturated rings. The number of aryl methyl sites for hydroxylation is 1. The summed E-state index contributed by atoms with van der Waals surface area (Å²) >= 11 is 0. The van der Waals surface area contributed by atoms with Crippen molar-refractivity contribution < 1.29 is 24.2 Å². The van der Waals surface area contributed by atoms with Gasteiger partial charge in [-0.15, -0.1) is 0 Å². The fraction of sp³-hybridized carbons (Fsp3) is 0.333. The van der Waals surface area contributed by atoms with Crippen molar-refractivity contribution in [3.63, 3.8) is 0 Å². The fourth-order valence-corrected chi connectivity index (χ4v) is 1.41. The number of rotatable bonds is 5. The van der Waals surface area contributed by atoms with Crippen LogP contribution in [0.5, 0.6) is 0 Å². The van der Waals surface area contributed by atoms with E-state index in [2.05, 4.69) is 5.32 Å². The Morgan fingerprint density at radius 2 is 2.11 bits per heavy atom. The largest absolute Gasteiger partial charge is 0.480 e. The molecule has 0 heterocycles. The zero-order valence-corrected chi connectivity index (χ0v) is 9.81. The van der Waals surface area contributed by atoms with E-state index < -0.39 is 23.7 Å². The molecule has 0 bridgehead atoms. The van der Waals surface area contributed by atoms with Crippen molar-refractivity contribution in [3.8, 4) is 0 Å². The second kappa shape index (κ2) is 6.11. The van der Waals surface area contributed by atoms with Crippen molar-refractivity contribution in [2.45, 2.75) is 19.4 Å². The molecule has 98 valence electrons. The Balaban J connectivity index is 2.80. The number of hydrogen-bond donors (Lipinski definition) is 3. The average Bonchev–Trinajstić information content (AvgIpc) is 2.31. The average molecular weight is 255 g/mol. The SMILES string of the molecule is Cc1cc(C(=O)NC(CCO)C(=O)O)ccc1F. The molecule has 1 aromatic rings. The Bertz CT molecular complexity index is 461. The molecule has 0 aliphatic heterocycles. The van der Waals surface area contributed by atoms with Gasteiger partial charge in [-0.05, 0) is 30.7 Å². The van der Waals surface area contributed by atoms with Gasteiger partial charge in [-0.1, -0.05) is 0 Å². The molecule has 1 rings (SSSR count). The maximum Gasteiger partial charge on any atom is 0.326 e. The van der Waals surface area contributed by atoms with Crippen LogP contribution in [0.1, 0.15) is 22.3 Å². The van der Waals surface area contributed by atoms with E-state index in [1.165, 1.54) is 19.1 Å². The summed E-state index contributed by atoms with van der Waals surface area (Å²) < 4.78 is 13.0. The van der Waals surface area contributed by atoms with Crippen LogP contribution < -0.4 is 5.32 Å². The van der Waals surface area contributed by atoms with Gasteiger partial charge >= 0.3 is 5.97 Å². The fourth-order valence-electron chi connectivity index (χ4n) is 1.41. The number of benzene rings is 1. The molecule has 6 heteroatoms. The van der Waals surface area contributed by atoms with Crippen molar-refractivity contribution in [3.05, 3.63) is 35.1 Å². The van der Waals surface area contributed by atoms with Gasteiger partial charge in [0.15, 0.2) is 0 Å². The van der Waals surface area contributed by atoms with E-state index >= 15 is 0 Å². The first-order valence-corrected chi connectivity index (χ1v) is 5.36. The number of carboxylic acids is 1. The molecule has 0 aliphatic rings. The summed E-state index contributed by atoms with van der Waals surface area (Å²) in [6, 6.07) is 2.59. The number of halogens is 1. The molecule has 1 atom stereocenters. The highest BCUT2D eigenvalue weighted by molar-refractivity contribution is 5.96. The topological polar surface area (TPSA) is 86.6 Å². The minimum atomic E-state index is -1.23. The van der Waals surface area contributed by atoms with Crippen LogP contribution in [0.3, 0.4) is 0 Å². The summed E-state index contributed by atoms with van der Waals surface area (Å²) in [4.78, 5) is 22.5. The molecule has 0 aromatic heterocycles. The zero-order valence-electron chi connectivity index (χ0n) is 9.81. The number of aliphatic carboxylic acids is 1. The molecule has 5 nitrogen and oxygen atoms in total. The highest BCUT2D eigenvalue weighted by Crippen LogP contribution is 2.09. The van der Waals surface area contributed by atoms with Crippen molar-refractivity contribution in [1.29, 1.82) is 0 Å². The van der Waals surface area contributed by atoms with Crippen LogP contribution in [0.4, 0.5) is 4.39 Å². The third kappa shape index (κ3) is 3.53. The molecular formula is C12H14FNO4. The number of carbonyl (C=O) groups excluding carboxylic acids is 1. The summed E-state index contributed by atoms with van der Waals surface area (Å²) in [7, 11) is 0. The minimum Gasteiger partial charge on any atom is -0.480 e. The van der Waals surface area contributed by atoms with Crippen LogP contribution in [-0.4, -0.2) is 34.7 Å². The lowest BCUT2D eigenvalue weighted by molar-refractivity contribution is -0.139. The number of aliphatic hydroxyl groups excluding tert-OH is 1. The minimum absolute atomic E-state index is 0.0821. The van der Waals surface area contributed by atoms with E-state index in [0.717, 1.165) is 6.07 Å². The summed E-state index contributed by atoms with van der Waals surface area (Å²) in [5.41, 5.74) is 0.481. The van der Waals surface area contributed by atoms with E-state index in [0.29, 0.717) is 5.56 Å². The number of carbonyl (C=O) groups is 2. The highest BCUT2D eigenvalue weighted by Gasteiger charge is 2.20. The zero-order chi connectivity index (χ0) is 13.7. The Labute approximate surface area is 103 Å². The molecule has 0 saturated heterocycles. The first kappa shape index (κ1) is 14.1. The quantitative estimate of drug-likeness (QED) is 0.722. The van der Waals surface area contributed by atoms with Crippen LogP contribution in [0.25, 0.3) is 0 Å². The summed E-state index contributed by atoms with van der Waals surface area (Å²) in [6.45, 7) is 1.16. The maximum absolute atomic E-state index is 13.0. The lowest BCUT2D eigenvalue weighted by Gasteiger charge is -2.13. The van der Waals surface area contributed by atoms with Crippen molar-refractivity contribution >= 4 is 11.9 Å². The smallest absolute Gasteiger partial charge is 0.326 e. The van der Waals surface area contributed by atoms with Crippen LogP contribution in [0.2, 0.25) is 0 Å². The Morgan fingerprint density at radius 1 is 1.44 bits per heavy atom. The standard InChI is InChI=1S/C12H14FNO4/c1-7-6-8(2-3-9(7)13)11(16)14-10(4-5-15)12(17)18/h2-3,6,10,15H,4-5H2,1H3,(H,14,16)(H,17,18). The first-order valence-electron chi connectivity index (χ1n) is 5.36. The van der Waals surface area contributed by atoms with Gasteiger partial charge in [0, 0.05) is 18.6 Å². The Morgan fingerprint density at radius 3 is 2.61 bits per heavy atom. The molecule has 1 unspecified atom stereocenters. The van der Waals surface area contributed by atoms with Crippen molar-refractivity contribution in [1.82, 2.24) is 5.32 Å². The number of aliphatic hydroxyl groups is 1. The number of nitrogens with one attached hydrogen (secondary N) is 1. The van der Waals surface area contributed by atoms with E-state index in [4.69, 9.17) is 10.2 Å². The molecule has 3 N–H and O–H groups in total. The number of hydrogen-bond acceptors (Lipinski definition) is 3. The van der Waals surface area contributed by atoms with Gasteiger partial charge in [0.05, 0.1) is 0 Å². The maximum atomic E-state index is 13.0. The normalized spacial score (nSPS) is 11.9. The highest BCUT2D eigenvalue weighted by atomic mass is 19.1. The van der Waals surface area contributed by atoms with E-state index in [1.807, 2.05) is 0 Å². The molecule has 0 radical (unpaired) electrons. The first-order chi connectivity index (χ1) is 8.45. The molecule has 1 amide bonds. The molecule has 0 spiro atoms.